The lowest BCUT2D eigenvalue weighted by atomic mass is 10.4. The molecule has 66 valence electrons. The summed E-state index contributed by atoms with van der Waals surface area (Å²) in [5.41, 5.74) is 0. The van der Waals surface area contributed by atoms with E-state index in [2.05, 4.69) is 5.18 Å². The molecule has 0 heterocycles. The standard InChI is InChI=1S/C7H15NO3/c1-3-10-5-7(8-9)6-11-4-2/h7H,3-6H2,1-2H3. The summed E-state index contributed by atoms with van der Waals surface area (Å²) in [6.07, 6.45) is 0. The van der Waals surface area contributed by atoms with Gasteiger partial charge in [0.1, 0.15) is 6.04 Å². The van der Waals surface area contributed by atoms with Crippen LogP contribution >= 0.6 is 0 Å². The van der Waals surface area contributed by atoms with Crippen molar-refractivity contribution in [2.45, 2.75) is 19.9 Å². The lowest BCUT2D eigenvalue weighted by Crippen LogP contribution is -2.19. The predicted octanol–water partition coefficient (Wildman–Crippen LogP) is 1.19. The van der Waals surface area contributed by atoms with Gasteiger partial charge in [0.05, 0.1) is 13.2 Å². The molecule has 0 bridgehead atoms. The molecular formula is C7H15NO3. The van der Waals surface area contributed by atoms with Gasteiger partial charge in [0.15, 0.2) is 0 Å². The summed E-state index contributed by atoms with van der Waals surface area (Å²) in [4.78, 5) is 10.1. The van der Waals surface area contributed by atoms with Crippen LogP contribution in [0.15, 0.2) is 5.18 Å². The second-order valence-electron chi connectivity index (χ2n) is 2.08. The van der Waals surface area contributed by atoms with Crippen molar-refractivity contribution < 1.29 is 9.47 Å². The molecule has 0 unspecified atom stereocenters. The lowest BCUT2D eigenvalue weighted by molar-refractivity contribution is 0.0779. The van der Waals surface area contributed by atoms with Gasteiger partial charge in [0.25, 0.3) is 0 Å². The second kappa shape index (κ2) is 7.63. The molecule has 0 aliphatic carbocycles. The van der Waals surface area contributed by atoms with Crippen molar-refractivity contribution in [3.63, 3.8) is 0 Å². The number of nitrogens with zero attached hydrogens (tertiary/aromatic N) is 1. The maximum absolute atomic E-state index is 10.1. The maximum atomic E-state index is 10.1. The van der Waals surface area contributed by atoms with Gasteiger partial charge in [0.2, 0.25) is 0 Å². The van der Waals surface area contributed by atoms with E-state index in [9.17, 15) is 4.91 Å². The van der Waals surface area contributed by atoms with Crippen LogP contribution in [0, 0.1) is 4.91 Å². The summed E-state index contributed by atoms with van der Waals surface area (Å²) in [6, 6.07) is -0.352. The van der Waals surface area contributed by atoms with Crippen LogP contribution in [0.2, 0.25) is 0 Å². The molecule has 0 atom stereocenters. The van der Waals surface area contributed by atoms with Crippen molar-refractivity contribution in [1.29, 1.82) is 0 Å². The first-order valence-electron chi connectivity index (χ1n) is 3.83. The molecule has 4 nitrogen and oxygen atoms in total. The van der Waals surface area contributed by atoms with Gasteiger partial charge < -0.3 is 9.47 Å². The first-order valence-corrected chi connectivity index (χ1v) is 3.83. The largest absolute Gasteiger partial charge is 0.379 e. The van der Waals surface area contributed by atoms with Crippen LogP contribution in [0.5, 0.6) is 0 Å². The second-order valence-corrected chi connectivity index (χ2v) is 2.08. The minimum Gasteiger partial charge on any atom is -0.379 e. The highest BCUT2D eigenvalue weighted by molar-refractivity contribution is 4.62. The third kappa shape index (κ3) is 5.94. The Morgan fingerprint density at radius 1 is 1.18 bits per heavy atom. The molecule has 0 aromatic carbocycles. The molecule has 0 aromatic rings. The summed E-state index contributed by atoms with van der Waals surface area (Å²) >= 11 is 0. The Kier molecular flexibility index (Phi) is 7.29. The van der Waals surface area contributed by atoms with Crippen molar-refractivity contribution in [1.82, 2.24) is 0 Å². The summed E-state index contributed by atoms with van der Waals surface area (Å²) in [7, 11) is 0. The van der Waals surface area contributed by atoms with E-state index in [1.807, 2.05) is 13.8 Å². The molecule has 0 aromatic heterocycles. The van der Waals surface area contributed by atoms with Gasteiger partial charge in [0, 0.05) is 13.2 Å². The third-order valence-electron chi connectivity index (χ3n) is 1.18. The van der Waals surface area contributed by atoms with E-state index in [1.54, 1.807) is 0 Å². The van der Waals surface area contributed by atoms with Crippen LogP contribution in [-0.4, -0.2) is 32.5 Å². The summed E-state index contributed by atoms with van der Waals surface area (Å²) in [5.74, 6) is 0. The molecular weight excluding hydrogens is 146 g/mol. The quantitative estimate of drug-likeness (QED) is 0.527. The highest BCUT2D eigenvalue weighted by Gasteiger charge is 2.07. The number of nitroso groups, excluding NO2 is 1. The van der Waals surface area contributed by atoms with E-state index >= 15 is 0 Å². The van der Waals surface area contributed by atoms with E-state index in [1.165, 1.54) is 0 Å². The smallest absolute Gasteiger partial charge is 0.138 e. The van der Waals surface area contributed by atoms with Gasteiger partial charge in [-0.3, -0.25) is 0 Å². The number of ether oxygens (including phenoxy) is 2. The van der Waals surface area contributed by atoms with Crippen molar-refractivity contribution in [2.75, 3.05) is 26.4 Å². The summed E-state index contributed by atoms with van der Waals surface area (Å²) in [5, 5.41) is 2.86. The van der Waals surface area contributed by atoms with Gasteiger partial charge in [-0.1, -0.05) is 5.18 Å². The molecule has 0 fully saturated rings. The number of rotatable bonds is 7. The van der Waals surface area contributed by atoms with Crippen LogP contribution in [-0.2, 0) is 9.47 Å². The van der Waals surface area contributed by atoms with E-state index in [0.717, 1.165) is 0 Å². The molecule has 11 heavy (non-hydrogen) atoms. The third-order valence-corrected chi connectivity index (χ3v) is 1.18. The zero-order chi connectivity index (χ0) is 8.53. The molecule has 0 saturated carbocycles. The number of hydrogen-bond donors (Lipinski definition) is 0. The van der Waals surface area contributed by atoms with Gasteiger partial charge in [-0.15, -0.1) is 0 Å². The Morgan fingerprint density at radius 3 is 1.91 bits per heavy atom. The minimum atomic E-state index is -0.352. The average Bonchev–Trinajstić information content (AvgIpc) is 2.05. The molecule has 0 amide bonds. The Bertz CT molecular complexity index is 89.7. The van der Waals surface area contributed by atoms with Crippen molar-refractivity contribution in [2.24, 2.45) is 5.18 Å². The highest BCUT2D eigenvalue weighted by atomic mass is 16.5. The van der Waals surface area contributed by atoms with Crippen molar-refractivity contribution in [3.05, 3.63) is 4.91 Å². The first-order chi connectivity index (χ1) is 5.35. The highest BCUT2D eigenvalue weighted by Crippen LogP contribution is 1.93. The van der Waals surface area contributed by atoms with E-state index in [-0.39, 0.29) is 6.04 Å². The van der Waals surface area contributed by atoms with Crippen LogP contribution < -0.4 is 0 Å². The molecule has 4 heteroatoms. The van der Waals surface area contributed by atoms with Crippen molar-refractivity contribution >= 4 is 0 Å². The molecule has 0 N–H and O–H groups in total. The zero-order valence-electron chi connectivity index (χ0n) is 7.08. The van der Waals surface area contributed by atoms with E-state index in [0.29, 0.717) is 26.4 Å². The Labute approximate surface area is 66.9 Å². The van der Waals surface area contributed by atoms with Crippen LogP contribution in [0.1, 0.15) is 13.8 Å². The van der Waals surface area contributed by atoms with E-state index < -0.39 is 0 Å². The maximum Gasteiger partial charge on any atom is 0.138 e. The van der Waals surface area contributed by atoms with Gasteiger partial charge in [-0.2, -0.15) is 4.91 Å². The SMILES string of the molecule is CCOCC(COCC)N=O. The van der Waals surface area contributed by atoms with Crippen LogP contribution in [0.3, 0.4) is 0 Å². The Hall–Kier alpha value is -0.480. The predicted molar refractivity (Wildman–Crippen MR) is 42.6 cm³/mol. The Morgan fingerprint density at radius 2 is 1.64 bits per heavy atom. The zero-order valence-corrected chi connectivity index (χ0v) is 7.08. The topological polar surface area (TPSA) is 47.9 Å². The first kappa shape index (κ1) is 10.5. The fourth-order valence-corrected chi connectivity index (χ4v) is 0.617. The molecule has 0 aliphatic heterocycles. The molecule has 0 rings (SSSR count). The molecule has 0 spiro atoms. The van der Waals surface area contributed by atoms with Gasteiger partial charge >= 0.3 is 0 Å². The molecule has 0 radical (unpaired) electrons. The number of hydrogen-bond acceptors (Lipinski definition) is 4. The van der Waals surface area contributed by atoms with Crippen molar-refractivity contribution in [3.8, 4) is 0 Å². The lowest BCUT2D eigenvalue weighted by Gasteiger charge is -2.07. The minimum absolute atomic E-state index is 0.352. The Balaban J connectivity index is 3.33. The van der Waals surface area contributed by atoms with Crippen LogP contribution in [0.25, 0.3) is 0 Å². The normalized spacial score (nSPS) is 10.5. The monoisotopic (exact) mass is 161 g/mol. The van der Waals surface area contributed by atoms with Gasteiger partial charge in [-0.25, -0.2) is 0 Å². The summed E-state index contributed by atoms with van der Waals surface area (Å²) < 4.78 is 10.0. The van der Waals surface area contributed by atoms with Crippen LogP contribution in [0.4, 0.5) is 0 Å². The molecule has 0 aliphatic rings. The van der Waals surface area contributed by atoms with E-state index in [4.69, 9.17) is 9.47 Å². The fourth-order valence-electron chi connectivity index (χ4n) is 0.617. The fraction of sp³-hybridized carbons (Fsp3) is 1.00. The average molecular weight is 161 g/mol. The van der Waals surface area contributed by atoms with Gasteiger partial charge in [-0.05, 0) is 13.8 Å². The molecule has 0 saturated heterocycles. The summed E-state index contributed by atoms with van der Waals surface area (Å²) in [6.45, 7) is 5.70.